The molecule has 1 aliphatic carbocycles. The Morgan fingerprint density at radius 3 is 2.35 bits per heavy atom. The minimum atomic E-state index is -0.736. The average Bonchev–Trinajstić information content (AvgIpc) is 2.51. The Morgan fingerprint density at radius 1 is 1.17 bits per heavy atom. The van der Waals surface area contributed by atoms with Crippen LogP contribution >= 0.6 is 0 Å². The Morgan fingerprint density at radius 2 is 1.78 bits per heavy atom. The summed E-state index contributed by atoms with van der Waals surface area (Å²) in [6, 6.07) is 7.46. The van der Waals surface area contributed by atoms with Crippen LogP contribution in [0.15, 0.2) is 24.3 Å². The standard InChI is InChI=1S/C19H29NO3/c1-18(2,22)13-10-15-6-8-16(9-7-15)17(21)20-14-19(23)11-4-3-5-12-19/h6-9,22-23H,3-5,10-14H2,1-2H3,(H,20,21). The topological polar surface area (TPSA) is 69.6 Å². The molecule has 0 spiro atoms. The van der Waals surface area contributed by atoms with E-state index in [1.807, 2.05) is 12.1 Å². The van der Waals surface area contributed by atoms with E-state index in [0.29, 0.717) is 18.5 Å². The lowest BCUT2D eigenvalue weighted by atomic mass is 9.85. The molecule has 0 heterocycles. The summed E-state index contributed by atoms with van der Waals surface area (Å²) in [6.45, 7) is 3.92. The average molecular weight is 319 g/mol. The highest BCUT2D eigenvalue weighted by Gasteiger charge is 2.29. The second kappa shape index (κ2) is 7.45. The summed E-state index contributed by atoms with van der Waals surface area (Å²) in [5.41, 5.74) is 0.303. The first kappa shape index (κ1) is 18.0. The van der Waals surface area contributed by atoms with Crippen LogP contribution in [0.5, 0.6) is 0 Å². The van der Waals surface area contributed by atoms with Crippen LogP contribution in [-0.4, -0.2) is 33.9 Å². The Balaban J connectivity index is 1.85. The molecular formula is C19H29NO3. The first-order valence-electron chi connectivity index (χ1n) is 8.59. The van der Waals surface area contributed by atoms with Gasteiger partial charge in [0.05, 0.1) is 11.2 Å². The van der Waals surface area contributed by atoms with Crippen molar-refractivity contribution in [2.24, 2.45) is 0 Å². The fourth-order valence-corrected chi connectivity index (χ4v) is 3.01. The quantitative estimate of drug-likeness (QED) is 0.755. The first-order valence-corrected chi connectivity index (χ1v) is 8.59. The molecule has 0 aromatic heterocycles. The maximum atomic E-state index is 12.2. The number of aliphatic hydroxyl groups is 2. The van der Waals surface area contributed by atoms with Gasteiger partial charge in [-0.2, -0.15) is 0 Å². The van der Waals surface area contributed by atoms with Crippen LogP contribution in [-0.2, 0) is 6.42 Å². The molecule has 1 aromatic carbocycles. The summed E-state index contributed by atoms with van der Waals surface area (Å²) in [7, 11) is 0. The lowest BCUT2D eigenvalue weighted by Crippen LogP contribution is -2.44. The Kier molecular flexibility index (Phi) is 5.82. The summed E-state index contributed by atoms with van der Waals surface area (Å²) in [6.07, 6.45) is 6.23. The van der Waals surface area contributed by atoms with Crippen LogP contribution in [0.4, 0.5) is 0 Å². The summed E-state index contributed by atoms with van der Waals surface area (Å²) >= 11 is 0. The van der Waals surface area contributed by atoms with Crippen LogP contribution in [0, 0.1) is 0 Å². The molecular weight excluding hydrogens is 290 g/mol. The Hall–Kier alpha value is -1.39. The van der Waals surface area contributed by atoms with Gasteiger partial charge in [0, 0.05) is 12.1 Å². The Labute approximate surface area is 138 Å². The third kappa shape index (κ3) is 5.96. The third-order valence-electron chi connectivity index (χ3n) is 4.60. The SMILES string of the molecule is CC(C)(O)CCc1ccc(C(=O)NCC2(O)CCCCC2)cc1. The van der Waals surface area contributed by atoms with Crippen molar-refractivity contribution in [3.05, 3.63) is 35.4 Å². The van der Waals surface area contributed by atoms with Gasteiger partial charge in [0.2, 0.25) is 0 Å². The fraction of sp³-hybridized carbons (Fsp3) is 0.632. The number of hydrogen-bond donors (Lipinski definition) is 3. The zero-order chi connectivity index (χ0) is 16.9. The number of carbonyl (C=O) groups is 1. The van der Waals surface area contributed by atoms with E-state index in [-0.39, 0.29) is 5.91 Å². The molecule has 1 fully saturated rings. The second-order valence-corrected chi connectivity index (χ2v) is 7.48. The van der Waals surface area contributed by atoms with Gasteiger partial charge in [0.15, 0.2) is 0 Å². The largest absolute Gasteiger partial charge is 0.390 e. The third-order valence-corrected chi connectivity index (χ3v) is 4.60. The molecule has 3 N–H and O–H groups in total. The zero-order valence-corrected chi connectivity index (χ0v) is 14.3. The normalized spacial score (nSPS) is 17.7. The summed E-state index contributed by atoms with van der Waals surface area (Å²) in [5.74, 6) is -0.141. The minimum Gasteiger partial charge on any atom is -0.390 e. The van der Waals surface area contributed by atoms with Crippen LogP contribution in [0.1, 0.15) is 68.3 Å². The van der Waals surface area contributed by atoms with Crippen molar-refractivity contribution in [1.82, 2.24) is 5.32 Å². The van der Waals surface area contributed by atoms with E-state index in [1.54, 1.807) is 26.0 Å². The van der Waals surface area contributed by atoms with Crippen molar-refractivity contribution in [1.29, 1.82) is 0 Å². The summed E-state index contributed by atoms with van der Waals surface area (Å²) < 4.78 is 0. The fourth-order valence-electron chi connectivity index (χ4n) is 3.01. The molecule has 1 aromatic rings. The maximum Gasteiger partial charge on any atom is 0.251 e. The van der Waals surface area contributed by atoms with Crippen LogP contribution in [0.3, 0.4) is 0 Å². The van der Waals surface area contributed by atoms with Gasteiger partial charge in [-0.25, -0.2) is 0 Å². The van der Waals surface area contributed by atoms with Gasteiger partial charge in [0.25, 0.3) is 5.91 Å². The number of carbonyl (C=O) groups excluding carboxylic acids is 1. The molecule has 4 nitrogen and oxygen atoms in total. The van der Waals surface area contributed by atoms with Crippen LogP contribution in [0.25, 0.3) is 0 Å². The van der Waals surface area contributed by atoms with Crippen molar-refractivity contribution in [3.8, 4) is 0 Å². The first-order chi connectivity index (χ1) is 10.8. The number of amides is 1. The van der Waals surface area contributed by atoms with Gasteiger partial charge in [-0.05, 0) is 57.2 Å². The molecule has 1 amide bonds. The molecule has 0 bridgehead atoms. The van der Waals surface area contributed by atoms with E-state index in [0.717, 1.165) is 37.7 Å². The van der Waals surface area contributed by atoms with Crippen molar-refractivity contribution in [3.63, 3.8) is 0 Å². The van der Waals surface area contributed by atoms with Crippen LogP contribution < -0.4 is 5.32 Å². The minimum absolute atomic E-state index is 0.141. The van der Waals surface area contributed by atoms with Crippen molar-refractivity contribution >= 4 is 5.91 Å². The number of nitrogens with one attached hydrogen (secondary N) is 1. The van der Waals surface area contributed by atoms with Gasteiger partial charge in [0.1, 0.15) is 0 Å². The maximum absolute atomic E-state index is 12.2. The van der Waals surface area contributed by atoms with Gasteiger partial charge in [-0.15, -0.1) is 0 Å². The molecule has 0 aliphatic heterocycles. The van der Waals surface area contributed by atoms with Crippen molar-refractivity contribution in [2.75, 3.05) is 6.54 Å². The number of benzene rings is 1. The molecule has 0 unspecified atom stereocenters. The lowest BCUT2D eigenvalue weighted by Gasteiger charge is -2.32. The van der Waals surface area contributed by atoms with Gasteiger partial charge in [-0.1, -0.05) is 31.4 Å². The van der Waals surface area contributed by atoms with E-state index < -0.39 is 11.2 Å². The van der Waals surface area contributed by atoms with Crippen LogP contribution in [0.2, 0.25) is 0 Å². The monoisotopic (exact) mass is 319 g/mol. The summed E-state index contributed by atoms with van der Waals surface area (Å²) in [4.78, 5) is 12.2. The molecule has 2 rings (SSSR count). The van der Waals surface area contributed by atoms with E-state index in [1.165, 1.54) is 6.42 Å². The highest BCUT2D eigenvalue weighted by atomic mass is 16.3. The zero-order valence-electron chi connectivity index (χ0n) is 14.3. The van der Waals surface area contributed by atoms with E-state index >= 15 is 0 Å². The van der Waals surface area contributed by atoms with Gasteiger partial charge < -0.3 is 15.5 Å². The highest BCUT2D eigenvalue weighted by Crippen LogP contribution is 2.27. The number of rotatable bonds is 6. The highest BCUT2D eigenvalue weighted by molar-refractivity contribution is 5.94. The molecule has 1 saturated carbocycles. The molecule has 0 radical (unpaired) electrons. The Bertz CT molecular complexity index is 510. The predicted octanol–water partition coefficient (Wildman–Crippen LogP) is 2.82. The van der Waals surface area contributed by atoms with E-state index in [4.69, 9.17) is 0 Å². The summed E-state index contributed by atoms with van der Waals surface area (Å²) in [5, 5.41) is 23.0. The van der Waals surface area contributed by atoms with Crippen molar-refractivity contribution < 1.29 is 15.0 Å². The van der Waals surface area contributed by atoms with Gasteiger partial charge in [-0.3, -0.25) is 4.79 Å². The lowest BCUT2D eigenvalue weighted by molar-refractivity contribution is 0.00525. The van der Waals surface area contributed by atoms with Crippen molar-refractivity contribution in [2.45, 2.75) is 70.0 Å². The molecule has 23 heavy (non-hydrogen) atoms. The molecule has 128 valence electrons. The molecule has 4 heteroatoms. The van der Waals surface area contributed by atoms with E-state index in [2.05, 4.69) is 5.32 Å². The number of hydrogen-bond acceptors (Lipinski definition) is 3. The van der Waals surface area contributed by atoms with E-state index in [9.17, 15) is 15.0 Å². The molecule has 0 atom stereocenters. The molecule has 0 saturated heterocycles. The smallest absolute Gasteiger partial charge is 0.251 e. The molecule has 1 aliphatic rings. The second-order valence-electron chi connectivity index (χ2n) is 7.48. The predicted molar refractivity (Wildman–Crippen MR) is 91.4 cm³/mol. The number of aryl methyl sites for hydroxylation is 1. The van der Waals surface area contributed by atoms with Gasteiger partial charge >= 0.3 is 0 Å².